The van der Waals surface area contributed by atoms with Gasteiger partial charge in [0.1, 0.15) is 17.3 Å². The monoisotopic (exact) mass is 465 g/mol. The maximum Gasteiger partial charge on any atom is 0.417 e. The molecule has 3 heterocycles. The molecule has 1 aromatic carbocycles. The van der Waals surface area contributed by atoms with Gasteiger partial charge in [0.15, 0.2) is 0 Å². The van der Waals surface area contributed by atoms with Crippen molar-refractivity contribution in [2.75, 3.05) is 0 Å². The van der Waals surface area contributed by atoms with Crippen LogP contribution in [0.15, 0.2) is 18.2 Å². The van der Waals surface area contributed by atoms with E-state index < -0.39 is 52.5 Å². The van der Waals surface area contributed by atoms with Crippen molar-refractivity contribution in [3.8, 4) is 23.5 Å². The summed E-state index contributed by atoms with van der Waals surface area (Å²) in [5.41, 5.74) is -4.12. The van der Waals surface area contributed by atoms with Gasteiger partial charge in [-0.1, -0.05) is 0 Å². The minimum atomic E-state index is -4.81. The molecule has 1 saturated heterocycles. The SMILES string of the molecule is CC(C)NC(=O)O[C@@H]1C[C@@]2(C)O[C@]1(C)c1c2c(O)n(-c2ccc(C#N)c(C(F)(F)F)c2)c1O. The average molecular weight is 465 g/mol. The van der Waals surface area contributed by atoms with Gasteiger partial charge in [-0.05, 0) is 45.9 Å². The first-order chi connectivity index (χ1) is 15.2. The molecular weight excluding hydrogens is 443 g/mol. The number of hydrogen-bond acceptors (Lipinski definition) is 6. The predicted molar refractivity (Wildman–Crippen MR) is 108 cm³/mol. The topological polar surface area (TPSA) is 117 Å². The molecule has 1 amide bonds. The summed E-state index contributed by atoms with van der Waals surface area (Å²) in [5.74, 6) is -1.03. The number of benzene rings is 1. The van der Waals surface area contributed by atoms with E-state index in [4.69, 9.17) is 14.7 Å². The van der Waals surface area contributed by atoms with Crippen LogP contribution < -0.4 is 5.32 Å². The van der Waals surface area contributed by atoms with Crippen LogP contribution in [0.3, 0.4) is 0 Å². The van der Waals surface area contributed by atoms with Crippen molar-refractivity contribution in [1.29, 1.82) is 5.26 Å². The Hall–Kier alpha value is -3.39. The summed E-state index contributed by atoms with van der Waals surface area (Å²) >= 11 is 0. The van der Waals surface area contributed by atoms with Gasteiger partial charge in [-0.15, -0.1) is 0 Å². The van der Waals surface area contributed by atoms with Gasteiger partial charge in [-0.25, -0.2) is 4.79 Å². The van der Waals surface area contributed by atoms with Crippen molar-refractivity contribution in [3.63, 3.8) is 0 Å². The zero-order valence-electron chi connectivity index (χ0n) is 18.2. The maximum absolute atomic E-state index is 13.5. The highest BCUT2D eigenvalue weighted by atomic mass is 19.4. The molecule has 0 aliphatic carbocycles. The number of hydrogen-bond donors (Lipinski definition) is 3. The number of ether oxygens (including phenoxy) is 2. The molecule has 3 atom stereocenters. The standard InChI is InChI=1S/C22H22F3N3O5/c1-10(2)27-19(31)32-14-8-20(3)15-16(21(14,4)33-20)18(30)28(17(15)29)12-6-5-11(9-26)13(7-12)22(23,24)25/h5-7,10,14,29-30H,8H2,1-4H3,(H,27,31)/t14-,20-,21+/m1/s1. The Morgan fingerprint density at radius 3 is 2.52 bits per heavy atom. The summed E-state index contributed by atoms with van der Waals surface area (Å²) in [6, 6.07) is 4.17. The molecule has 33 heavy (non-hydrogen) atoms. The summed E-state index contributed by atoms with van der Waals surface area (Å²) in [7, 11) is 0. The molecule has 0 saturated carbocycles. The third-order valence-corrected chi connectivity index (χ3v) is 6.12. The number of nitrogens with zero attached hydrogens (tertiary/aromatic N) is 2. The fourth-order valence-electron chi connectivity index (χ4n) is 4.81. The molecule has 0 radical (unpaired) electrons. The van der Waals surface area contributed by atoms with E-state index in [2.05, 4.69) is 5.32 Å². The lowest BCUT2D eigenvalue weighted by atomic mass is 9.78. The zero-order chi connectivity index (χ0) is 24.5. The van der Waals surface area contributed by atoms with E-state index >= 15 is 0 Å². The molecule has 4 rings (SSSR count). The van der Waals surface area contributed by atoms with Gasteiger partial charge in [-0.3, -0.25) is 4.57 Å². The summed E-state index contributed by atoms with van der Waals surface area (Å²) in [4.78, 5) is 12.2. The first-order valence-corrected chi connectivity index (χ1v) is 10.2. The molecule has 3 N–H and O–H groups in total. The van der Waals surface area contributed by atoms with Crippen molar-refractivity contribution in [3.05, 3.63) is 40.5 Å². The molecule has 1 aromatic heterocycles. The van der Waals surface area contributed by atoms with Crippen molar-refractivity contribution in [2.45, 2.75) is 63.6 Å². The highest BCUT2D eigenvalue weighted by Crippen LogP contribution is 2.65. The van der Waals surface area contributed by atoms with Crippen molar-refractivity contribution >= 4 is 6.09 Å². The van der Waals surface area contributed by atoms with E-state index in [1.165, 1.54) is 12.1 Å². The molecule has 0 unspecified atom stereocenters. The number of alkyl carbamates (subject to hydrolysis) is 1. The molecule has 176 valence electrons. The number of carbonyl (C=O) groups excluding carboxylic acids is 1. The second kappa shape index (κ2) is 7.05. The highest BCUT2D eigenvalue weighted by molar-refractivity contribution is 5.69. The van der Waals surface area contributed by atoms with Crippen molar-refractivity contribution < 1.29 is 37.7 Å². The second-order valence-corrected chi connectivity index (χ2v) is 8.91. The van der Waals surface area contributed by atoms with Crippen LogP contribution in [-0.4, -0.2) is 33.0 Å². The van der Waals surface area contributed by atoms with Crippen LogP contribution in [0.2, 0.25) is 0 Å². The van der Waals surface area contributed by atoms with E-state index in [9.17, 15) is 28.2 Å². The number of nitrogens with one attached hydrogen (secondary N) is 1. The maximum atomic E-state index is 13.5. The van der Waals surface area contributed by atoms with Crippen LogP contribution in [0.1, 0.15) is 56.4 Å². The Bertz CT molecular complexity index is 1200. The normalized spacial score (nSPS) is 25.7. The van der Waals surface area contributed by atoms with Gasteiger partial charge in [0.05, 0.1) is 34.0 Å². The fraction of sp³-hybridized carbons (Fsp3) is 0.455. The molecule has 2 aromatic rings. The van der Waals surface area contributed by atoms with Gasteiger partial charge in [-0.2, -0.15) is 18.4 Å². The quantitative estimate of drug-likeness (QED) is 0.627. The van der Waals surface area contributed by atoms with Gasteiger partial charge < -0.3 is 25.0 Å². The lowest BCUT2D eigenvalue weighted by molar-refractivity contribution is -0.137. The van der Waals surface area contributed by atoms with Crippen molar-refractivity contribution in [2.24, 2.45) is 0 Å². The smallest absolute Gasteiger partial charge is 0.417 e. The number of aromatic nitrogens is 1. The summed E-state index contributed by atoms with van der Waals surface area (Å²) in [6.45, 7) is 6.75. The van der Waals surface area contributed by atoms with Crippen LogP contribution in [0.4, 0.5) is 18.0 Å². The Balaban J connectivity index is 1.82. The first kappa shape index (κ1) is 22.8. The summed E-state index contributed by atoms with van der Waals surface area (Å²) < 4.78 is 52.8. The number of nitriles is 1. The molecule has 2 aliphatic heterocycles. The van der Waals surface area contributed by atoms with Crippen LogP contribution in [0.5, 0.6) is 11.8 Å². The molecule has 2 aliphatic rings. The van der Waals surface area contributed by atoms with Crippen molar-refractivity contribution in [1.82, 2.24) is 9.88 Å². The third-order valence-electron chi connectivity index (χ3n) is 6.12. The number of amides is 1. The number of aromatic hydroxyl groups is 2. The van der Waals surface area contributed by atoms with Gasteiger partial charge in [0, 0.05) is 12.5 Å². The van der Waals surface area contributed by atoms with Crippen LogP contribution in [0, 0.1) is 11.3 Å². The number of rotatable bonds is 3. The molecular formula is C22H22F3N3O5. The van der Waals surface area contributed by atoms with Crippen LogP contribution in [-0.2, 0) is 26.9 Å². The average Bonchev–Trinajstić information content (AvgIpc) is 3.21. The van der Waals surface area contributed by atoms with E-state index in [-0.39, 0.29) is 29.3 Å². The van der Waals surface area contributed by atoms with Gasteiger partial charge >= 0.3 is 12.3 Å². The fourth-order valence-corrected chi connectivity index (χ4v) is 4.81. The second-order valence-electron chi connectivity index (χ2n) is 8.91. The molecule has 2 bridgehead atoms. The third kappa shape index (κ3) is 3.28. The van der Waals surface area contributed by atoms with E-state index in [0.717, 1.165) is 10.6 Å². The minimum absolute atomic E-state index is 0.133. The Labute approximate surface area is 187 Å². The van der Waals surface area contributed by atoms with Gasteiger partial charge in [0.25, 0.3) is 0 Å². The van der Waals surface area contributed by atoms with E-state index in [0.29, 0.717) is 6.07 Å². The Kier molecular flexibility index (Phi) is 4.87. The molecule has 8 nitrogen and oxygen atoms in total. The molecule has 1 fully saturated rings. The number of halogens is 3. The van der Waals surface area contributed by atoms with Gasteiger partial charge in [0.2, 0.25) is 11.8 Å². The number of fused-ring (bicyclic) bond motifs is 5. The van der Waals surface area contributed by atoms with Crippen LogP contribution >= 0.6 is 0 Å². The lowest BCUT2D eigenvalue weighted by Crippen LogP contribution is -2.41. The minimum Gasteiger partial charge on any atom is -0.494 e. The predicted octanol–water partition coefficient (Wildman–Crippen LogP) is 4.15. The van der Waals surface area contributed by atoms with Crippen LogP contribution in [0.25, 0.3) is 5.69 Å². The Morgan fingerprint density at radius 2 is 1.94 bits per heavy atom. The first-order valence-electron chi connectivity index (χ1n) is 10.2. The number of alkyl halides is 3. The number of carbonyl (C=O) groups is 1. The Morgan fingerprint density at radius 1 is 1.30 bits per heavy atom. The summed E-state index contributed by atoms with van der Waals surface area (Å²) in [5, 5.41) is 33.6. The molecule has 11 heteroatoms. The van der Waals surface area contributed by atoms with E-state index in [1.807, 2.05) is 0 Å². The highest BCUT2D eigenvalue weighted by Gasteiger charge is 2.66. The lowest BCUT2D eigenvalue weighted by Gasteiger charge is -2.29. The zero-order valence-corrected chi connectivity index (χ0v) is 18.2. The summed E-state index contributed by atoms with van der Waals surface area (Å²) in [6.07, 6.45) is -6.14. The van der Waals surface area contributed by atoms with E-state index in [1.54, 1.807) is 27.7 Å². The largest absolute Gasteiger partial charge is 0.494 e. The molecule has 0 spiro atoms.